The monoisotopic (exact) mass is 233 g/mol. The molecular weight excluding hydrogens is 210 g/mol. The topological polar surface area (TPSA) is 21.3 Å². The minimum absolute atomic E-state index is 0.812. The van der Waals surface area contributed by atoms with Gasteiger partial charge in [0.15, 0.2) is 0 Å². The van der Waals surface area contributed by atoms with E-state index in [1.54, 1.807) is 7.11 Å². The molecule has 0 saturated carbocycles. The number of methoxy groups -OCH3 is 1. The van der Waals surface area contributed by atoms with E-state index in [0.29, 0.717) is 0 Å². The molecule has 1 fully saturated rings. The lowest BCUT2D eigenvalue weighted by atomic mass is 9.88. The smallest absolute Gasteiger partial charge is 0.122 e. The van der Waals surface area contributed by atoms with Crippen molar-refractivity contribution in [1.29, 1.82) is 0 Å². The molecule has 1 saturated heterocycles. The van der Waals surface area contributed by atoms with Crippen LogP contribution in [-0.4, -0.2) is 20.2 Å². The maximum absolute atomic E-state index is 5.53. The first-order chi connectivity index (χ1) is 8.20. The van der Waals surface area contributed by atoms with Gasteiger partial charge < -0.3 is 10.1 Å². The van der Waals surface area contributed by atoms with Crippen LogP contribution in [0.4, 0.5) is 0 Å². The third-order valence-corrected chi connectivity index (χ3v) is 3.75. The Bertz CT molecular complexity index is 381. The molecule has 0 aromatic heterocycles. The van der Waals surface area contributed by atoms with Crippen LogP contribution in [0.5, 0.6) is 5.75 Å². The first-order valence-corrected chi connectivity index (χ1v) is 6.55. The van der Waals surface area contributed by atoms with Crippen LogP contribution in [0.3, 0.4) is 0 Å². The van der Waals surface area contributed by atoms with Gasteiger partial charge in [0.05, 0.1) is 7.11 Å². The minimum atomic E-state index is 0.812. The normalized spacial score (nSPS) is 17.1. The van der Waals surface area contributed by atoms with Crippen LogP contribution < -0.4 is 10.1 Å². The molecule has 2 heteroatoms. The van der Waals surface area contributed by atoms with Crippen LogP contribution in [0.1, 0.15) is 29.5 Å². The molecule has 0 spiro atoms. The Morgan fingerprint density at radius 2 is 1.94 bits per heavy atom. The summed E-state index contributed by atoms with van der Waals surface area (Å²) < 4.78 is 5.53. The maximum atomic E-state index is 5.53. The highest BCUT2D eigenvalue weighted by Crippen LogP contribution is 2.29. The molecule has 1 aliphatic rings. The molecule has 0 atom stereocenters. The number of rotatable bonds is 3. The van der Waals surface area contributed by atoms with Crippen LogP contribution in [0.2, 0.25) is 0 Å². The lowest BCUT2D eigenvalue weighted by Crippen LogP contribution is -2.28. The first kappa shape index (κ1) is 12.4. The zero-order valence-electron chi connectivity index (χ0n) is 11.2. The summed E-state index contributed by atoms with van der Waals surface area (Å²) in [5.41, 5.74) is 4.07. The number of hydrogen-bond donors (Lipinski definition) is 1. The number of ether oxygens (including phenoxy) is 1. The van der Waals surface area contributed by atoms with Gasteiger partial charge >= 0.3 is 0 Å². The molecular formula is C15H23NO. The molecule has 17 heavy (non-hydrogen) atoms. The summed E-state index contributed by atoms with van der Waals surface area (Å²) in [6.45, 7) is 6.66. The highest BCUT2D eigenvalue weighted by molar-refractivity contribution is 5.43. The third kappa shape index (κ3) is 3.01. The van der Waals surface area contributed by atoms with Crippen molar-refractivity contribution in [2.24, 2.45) is 5.92 Å². The zero-order chi connectivity index (χ0) is 12.3. The van der Waals surface area contributed by atoms with E-state index in [1.165, 1.54) is 29.5 Å². The molecule has 0 radical (unpaired) electrons. The number of benzene rings is 1. The Hall–Kier alpha value is -1.02. The molecule has 1 N–H and O–H groups in total. The van der Waals surface area contributed by atoms with Crippen molar-refractivity contribution < 1.29 is 4.74 Å². The highest BCUT2D eigenvalue weighted by Gasteiger charge is 2.17. The van der Waals surface area contributed by atoms with Gasteiger partial charge in [-0.2, -0.15) is 0 Å². The summed E-state index contributed by atoms with van der Waals surface area (Å²) in [5.74, 6) is 1.88. The quantitative estimate of drug-likeness (QED) is 0.867. The maximum Gasteiger partial charge on any atom is 0.122 e. The summed E-state index contributed by atoms with van der Waals surface area (Å²) in [6, 6.07) is 4.42. The molecule has 2 nitrogen and oxygen atoms in total. The lowest BCUT2D eigenvalue weighted by molar-refractivity contribution is 0.360. The van der Waals surface area contributed by atoms with E-state index in [1.807, 2.05) is 0 Å². The van der Waals surface area contributed by atoms with Crippen molar-refractivity contribution in [2.75, 3.05) is 20.2 Å². The summed E-state index contributed by atoms with van der Waals surface area (Å²) in [6.07, 6.45) is 3.74. The Kier molecular flexibility index (Phi) is 4.06. The van der Waals surface area contributed by atoms with Crippen LogP contribution in [0, 0.1) is 19.8 Å². The van der Waals surface area contributed by atoms with E-state index in [4.69, 9.17) is 4.74 Å². The number of hydrogen-bond acceptors (Lipinski definition) is 2. The summed E-state index contributed by atoms with van der Waals surface area (Å²) in [4.78, 5) is 0. The molecule has 1 aromatic carbocycles. The second-order valence-corrected chi connectivity index (χ2v) is 5.16. The van der Waals surface area contributed by atoms with E-state index in [2.05, 4.69) is 31.3 Å². The fraction of sp³-hybridized carbons (Fsp3) is 0.600. The molecule has 0 bridgehead atoms. The van der Waals surface area contributed by atoms with Gasteiger partial charge in [-0.05, 0) is 74.9 Å². The van der Waals surface area contributed by atoms with E-state index >= 15 is 0 Å². The summed E-state index contributed by atoms with van der Waals surface area (Å²) in [7, 11) is 1.78. The third-order valence-electron chi connectivity index (χ3n) is 3.75. The van der Waals surface area contributed by atoms with Crippen LogP contribution in [0.15, 0.2) is 12.1 Å². The number of aryl methyl sites for hydroxylation is 2. The van der Waals surface area contributed by atoms with Gasteiger partial charge in [-0.3, -0.25) is 0 Å². The first-order valence-electron chi connectivity index (χ1n) is 6.55. The average Bonchev–Trinajstić information content (AvgIpc) is 2.33. The zero-order valence-corrected chi connectivity index (χ0v) is 11.2. The van der Waals surface area contributed by atoms with Gasteiger partial charge in [-0.1, -0.05) is 6.07 Å². The Morgan fingerprint density at radius 1 is 1.24 bits per heavy atom. The molecule has 1 aromatic rings. The number of nitrogens with one attached hydrogen (secondary N) is 1. The summed E-state index contributed by atoms with van der Waals surface area (Å²) in [5, 5.41) is 3.42. The van der Waals surface area contributed by atoms with Gasteiger partial charge in [0.2, 0.25) is 0 Å². The van der Waals surface area contributed by atoms with Crippen molar-refractivity contribution in [3.05, 3.63) is 28.8 Å². The standard InChI is InChI=1S/C15H23NO/c1-11-8-12(2)14(15(9-11)17-3)10-13-4-6-16-7-5-13/h8-9,13,16H,4-7,10H2,1-3H3. The second-order valence-electron chi connectivity index (χ2n) is 5.16. The summed E-state index contributed by atoms with van der Waals surface area (Å²) >= 11 is 0. The van der Waals surface area contributed by atoms with E-state index < -0.39 is 0 Å². The van der Waals surface area contributed by atoms with Gasteiger partial charge in [-0.25, -0.2) is 0 Å². The largest absolute Gasteiger partial charge is 0.496 e. The molecule has 94 valence electrons. The van der Waals surface area contributed by atoms with Crippen molar-refractivity contribution in [3.63, 3.8) is 0 Å². The van der Waals surface area contributed by atoms with Gasteiger partial charge in [-0.15, -0.1) is 0 Å². The number of piperidine rings is 1. The fourth-order valence-corrected chi connectivity index (χ4v) is 2.78. The molecule has 2 rings (SSSR count). The fourth-order valence-electron chi connectivity index (χ4n) is 2.78. The van der Waals surface area contributed by atoms with Gasteiger partial charge in [0, 0.05) is 0 Å². The Labute approximate surface area is 104 Å². The van der Waals surface area contributed by atoms with Crippen LogP contribution in [-0.2, 0) is 6.42 Å². The molecule has 1 heterocycles. The van der Waals surface area contributed by atoms with Crippen molar-refractivity contribution >= 4 is 0 Å². The van der Waals surface area contributed by atoms with E-state index in [-0.39, 0.29) is 0 Å². The molecule has 0 amide bonds. The molecule has 0 unspecified atom stereocenters. The molecule has 1 aliphatic heterocycles. The Balaban J connectivity index is 2.18. The van der Waals surface area contributed by atoms with Crippen molar-refractivity contribution in [1.82, 2.24) is 5.32 Å². The highest BCUT2D eigenvalue weighted by atomic mass is 16.5. The van der Waals surface area contributed by atoms with E-state index in [9.17, 15) is 0 Å². The lowest BCUT2D eigenvalue weighted by Gasteiger charge is -2.24. The van der Waals surface area contributed by atoms with Gasteiger partial charge in [0.1, 0.15) is 5.75 Å². The predicted octanol–water partition coefficient (Wildman–Crippen LogP) is 2.85. The Morgan fingerprint density at radius 3 is 2.59 bits per heavy atom. The molecule has 0 aliphatic carbocycles. The van der Waals surface area contributed by atoms with Crippen molar-refractivity contribution in [3.8, 4) is 5.75 Å². The average molecular weight is 233 g/mol. The minimum Gasteiger partial charge on any atom is -0.496 e. The van der Waals surface area contributed by atoms with Crippen LogP contribution >= 0.6 is 0 Å². The SMILES string of the molecule is COc1cc(C)cc(C)c1CC1CCNCC1. The van der Waals surface area contributed by atoms with E-state index in [0.717, 1.165) is 31.2 Å². The second kappa shape index (κ2) is 5.54. The van der Waals surface area contributed by atoms with Gasteiger partial charge in [0.25, 0.3) is 0 Å². The predicted molar refractivity (Wildman–Crippen MR) is 71.8 cm³/mol. The van der Waals surface area contributed by atoms with Crippen molar-refractivity contribution in [2.45, 2.75) is 33.1 Å². The van der Waals surface area contributed by atoms with Crippen LogP contribution in [0.25, 0.3) is 0 Å².